The predicted molar refractivity (Wildman–Crippen MR) is 316 cm³/mol. The van der Waals surface area contributed by atoms with Crippen molar-refractivity contribution in [2.75, 3.05) is 26.4 Å². The van der Waals surface area contributed by atoms with Crippen LogP contribution in [0.15, 0.2) is 97.2 Å². The fourth-order valence-electron chi connectivity index (χ4n) is 7.94. The number of carbonyl (C=O) groups excluding carboxylic acids is 3. The smallest absolute Gasteiger partial charge is 0.462 e. The molecule has 0 aliphatic heterocycles. The summed E-state index contributed by atoms with van der Waals surface area (Å²) < 4.78 is 39.5. The zero-order valence-corrected chi connectivity index (χ0v) is 49.1. The summed E-state index contributed by atoms with van der Waals surface area (Å²) in [5.74, 6) is -1.53. The molecule has 11 nitrogen and oxygen atoms in total. The molecule has 12 heteroatoms. The quantitative estimate of drug-likeness (QED) is 0.0197. The van der Waals surface area contributed by atoms with Crippen LogP contribution in [-0.2, 0) is 42.2 Å². The average molecular weight is 1090 g/mol. The third-order valence-corrected chi connectivity index (χ3v) is 13.4. The van der Waals surface area contributed by atoms with Gasteiger partial charge in [0.15, 0.2) is 6.10 Å². The lowest BCUT2D eigenvalue weighted by atomic mass is 10.1. The second-order valence-corrected chi connectivity index (χ2v) is 21.2. The number of ether oxygens (including phenoxy) is 3. The van der Waals surface area contributed by atoms with Crippen molar-refractivity contribution in [2.24, 2.45) is 0 Å². The van der Waals surface area contributed by atoms with Crippen LogP contribution in [0.25, 0.3) is 0 Å². The van der Waals surface area contributed by atoms with Gasteiger partial charge in [0.2, 0.25) is 0 Å². The van der Waals surface area contributed by atoms with Crippen LogP contribution in [0, 0.1) is 0 Å². The number of hydrogen-bond acceptors (Lipinski definition) is 10. The first-order valence-electron chi connectivity index (χ1n) is 30.1. The number of aliphatic hydroxyl groups excluding tert-OH is 1. The highest BCUT2D eigenvalue weighted by molar-refractivity contribution is 7.47. The molecular formula is C64H109O11P. The van der Waals surface area contributed by atoms with E-state index in [1.54, 1.807) is 0 Å². The van der Waals surface area contributed by atoms with Gasteiger partial charge in [-0.15, -0.1) is 0 Å². The number of hydrogen-bond donors (Lipinski definition) is 2. The lowest BCUT2D eigenvalue weighted by molar-refractivity contribution is -0.161. The molecule has 0 saturated heterocycles. The van der Waals surface area contributed by atoms with Gasteiger partial charge in [-0.2, -0.15) is 0 Å². The minimum absolute atomic E-state index is 0.137. The van der Waals surface area contributed by atoms with Gasteiger partial charge in [0, 0.05) is 19.3 Å². The zero-order valence-electron chi connectivity index (χ0n) is 48.2. The van der Waals surface area contributed by atoms with Gasteiger partial charge in [0.1, 0.15) is 12.7 Å². The fraction of sp³-hybridized carbons (Fsp3) is 0.703. The molecule has 0 heterocycles. The lowest BCUT2D eigenvalue weighted by Crippen LogP contribution is -2.30. The predicted octanol–water partition coefficient (Wildman–Crippen LogP) is 18.0. The number of aliphatic hydroxyl groups is 1. The van der Waals surface area contributed by atoms with Gasteiger partial charge >= 0.3 is 25.7 Å². The van der Waals surface area contributed by atoms with Crippen molar-refractivity contribution in [1.82, 2.24) is 0 Å². The Labute approximate surface area is 463 Å². The Balaban J connectivity index is 4.78. The molecule has 0 bridgehead atoms. The van der Waals surface area contributed by atoms with E-state index in [4.69, 9.17) is 23.3 Å². The molecular weight excluding hydrogens is 976 g/mol. The summed E-state index contributed by atoms with van der Waals surface area (Å²) in [6, 6.07) is 0. The third kappa shape index (κ3) is 55.2. The maximum absolute atomic E-state index is 12.9. The van der Waals surface area contributed by atoms with E-state index in [0.29, 0.717) is 19.3 Å². The Bertz CT molecular complexity index is 1640. The highest BCUT2D eigenvalue weighted by atomic mass is 31.2. The van der Waals surface area contributed by atoms with Gasteiger partial charge < -0.3 is 24.2 Å². The molecule has 0 aliphatic carbocycles. The molecule has 76 heavy (non-hydrogen) atoms. The second-order valence-electron chi connectivity index (χ2n) is 19.7. The molecule has 436 valence electrons. The van der Waals surface area contributed by atoms with Crippen LogP contribution in [-0.4, -0.2) is 66.5 Å². The first kappa shape index (κ1) is 72.4. The fourth-order valence-corrected chi connectivity index (χ4v) is 8.73. The number of rotatable bonds is 55. The average Bonchev–Trinajstić information content (AvgIpc) is 3.41. The summed E-state index contributed by atoms with van der Waals surface area (Å²) in [5.41, 5.74) is 0. The normalized spacial score (nSPS) is 14.0. The number of phosphoric ester groups is 1. The molecule has 0 aromatic rings. The topological polar surface area (TPSA) is 155 Å². The van der Waals surface area contributed by atoms with Crippen LogP contribution in [0.1, 0.15) is 252 Å². The first-order chi connectivity index (χ1) is 37.2. The molecule has 0 spiro atoms. The standard InChI is InChI=1S/C64H109O11P/c1-4-7-10-13-16-19-22-25-27-29-30-32-34-37-40-43-46-49-52-55-64(68)75-61(57-71-62(66)53-50-47-44-41-38-36-33-31-28-26-23-20-17-14-11-8-5-2)59-73-76(69,70)72-58-60(56-65)74-63(67)54-51-48-45-42-39-35-24-21-18-15-12-9-6-3/h8-9,11-12,17-18,20-21,25-28,33,35-36,39,60-61,65H,4-7,10,13-16,19,22-24,29-32,34,37-38,40-59H2,1-3H3,(H,69,70)/b11-8-,12-9-,20-17-,21-18-,27-25-,28-26-,36-33-,39-35-. The summed E-state index contributed by atoms with van der Waals surface area (Å²) >= 11 is 0. The Morgan fingerprint density at radius 2 is 0.684 bits per heavy atom. The van der Waals surface area contributed by atoms with Gasteiger partial charge in [-0.25, -0.2) is 4.57 Å². The highest BCUT2D eigenvalue weighted by Gasteiger charge is 2.28. The monoisotopic (exact) mass is 1080 g/mol. The molecule has 0 aromatic heterocycles. The van der Waals surface area contributed by atoms with E-state index < -0.39 is 57.8 Å². The van der Waals surface area contributed by atoms with Crippen LogP contribution < -0.4 is 0 Å². The minimum Gasteiger partial charge on any atom is -0.462 e. The molecule has 2 N–H and O–H groups in total. The molecule has 0 amide bonds. The Kier molecular flexibility index (Phi) is 54.8. The van der Waals surface area contributed by atoms with E-state index in [1.807, 2.05) is 0 Å². The number of phosphoric acid groups is 1. The van der Waals surface area contributed by atoms with E-state index >= 15 is 0 Å². The van der Waals surface area contributed by atoms with Crippen LogP contribution in [0.3, 0.4) is 0 Å². The van der Waals surface area contributed by atoms with E-state index in [2.05, 4.69) is 118 Å². The summed E-state index contributed by atoms with van der Waals surface area (Å²) in [7, 11) is -4.77. The number of unbranched alkanes of at least 4 members (excludes halogenated alkanes) is 22. The van der Waals surface area contributed by atoms with Crippen LogP contribution in [0.2, 0.25) is 0 Å². The number of allylic oxidation sites excluding steroid dienone is 16. The van der Waals surface area contributed by atoms with Crippen LogP contribution in [0.5, 0.6) is 0 Å². The maximum Gasteiger partial charge on any atom is 0.472 e. The second kappa shape index (κ2) is 57.6. The van der Waals surface area contributed by atoms with Crippen LogP contribution >= 0.6 is 7.82 Å². The lowest BCUT2D eigenvalue weighted by Gasteiger charge is -2.21. The number of carbonyl (C=O) groups is 3. The van der Waals surface area contributed by atoms with Crippen molar-refractivity contribution >= 4 is 25.7 Å². The molecule has 3 atom stereocenters. The van der Waals surface area contributed by atoms with Crippen molar-refractivity contribution in [3.05, 3.63) is 97.2 Å². The minimum atomic E-state index is -4.77. The van der Waals surface area contributed by atoms with Gasteiger partial charge in [0.25, 0.3) is 0 Å². The largest absolute Gasteiger partial charge is 0.472 e. The Morgan fingerprint density at radius 1 is 0.382 bits per heavy atom. The van der Waals surface area contributed by atoms with Crippen molar-refractivity contribution in [3.63, 3.8) is 0 Å². The Morgan fingerprint density at radius 3 is 1.08 bits per heavy atom. The molecule has 0 aromatic carbocycles. The molecule has 3 unspecified atom stereocenters. The third-order valence-electron chi connectivity index (χ3n) is 12.5. The summed E-state index contributed by atoms with van der Waals surface area (Å²) in [6.07, 6.45) is 68.0. The van der Waals surface area contributed by atoms with Gasteiger partial charge in [-0.3, -0.25) is 23.4 Å². The van der Waals surface area contributed by atoms with Crippen molar-refractivity contribution < 1.29 is 52.2 Å². The van der Waals surface area contributed by atoms with E-state index in [0.717, 1.165) is 109 Å². The summed E-state index contributed by atoms with van der Waals surface area (Å²) in [5, 5.41) is 9.81. The van der Waals surface area contributed by atoms with Crippen molar-refractivity contribution in [1.29, 1.82) is 0 Å². The SMILES string of the molecule is CC/C=C\C/C=C\C/C=C\C/C=C\CCCCCCC(=O)OCC(COP(=O)(O)OCC(CO)OC(=O)CCCCC/C=C\C/C=C\C/C=C\CC)OC(=O)CCCCCCCCCCC/C=C\CCCCCCCC. The zero-order chi connectivity index (χ0) is 55.5. The molecule has 0 rings (SSSR count). The van der Waals surface area contributed by atoms with E-state index in [-0.39, 0.29) is 25.9 Å². The van der Waals surface area contributed by atoms with Crippen LogP contribution in [0.4, 0.5) is 0 Å². The van der Waals surface area contributed by atoms with Gasteiger partial charge in [0.05, 0.1) is 19.8 Å². The van der Waals surface area contributed by atoms with Gasteiger partial charge in [-0.05, 0) is 116 Å². The molecule has 0 radical (unpaired) electrons. The van der Waals surface area contributed by atoms with E-state index in [9.17, 15) is 28.9 Å². The molecule has 0 saturated carbocycles. The van der Waals surface area contributed by atoms with Gasteiger partial charge in [-0.1, -0.05) is 214 Å². The molecule has 0 fully saturated rings. The van der Waals surface area contributed by atoms with E-state index in [1.165, 1.54) is 83.5 Å². The molecule has 0 aliphatic rings. The Hall–Kier alpha value is -3.60. The number of esters is 3. The van der Waals surface area contributed by atoms with Crippen molar-refractivity contribution in [3.8, 4) is 0 Å². The summed E-state index contributed by atoms with van der Waals surface area (Å²) in [4.78, 5) is 48.6. The first-order valence-corrected chi connectivity index (χ1v) is 31.6. The maximum atomic E-state index is 12.9. The highest BCUT2D eigenvalue weighted by Crippen LogP contribution is 2.43. The summed E-state index contributed by atoms with van der Waals surface area (Å²) in [6.45, 7) is 4.36. The van der Waals surface area contributed by atoms with Crippen molar-refractivity contribution in [2.45, 2.75) is 264 Å².